The molecule has 1 unspecified atom stereocenters. The average Bonchev–Trinajstić information content (AvgIpc) is 2.56. The first-order valence-corrected chi connectivity index (χ1v) is 4.53. The molecule has 0 saturated heterocycles. The number of hydrogen-bond donors (Lipinski definition) is 0. The van der Waals surface area contributed by atoms with E-state index in [9.17, 15) is 26.3 Å². The SMILES string of the molecule is CC(C)C1(C)CC1(C(F)(F)F)C(F)(F)F. The van der Waals surface area contributed by atoms with Crippen LogP contribution in [0.15, 0.2) is 0 Å². The monoisotopic (exact) mass is 234 g/mol. The number of alkyl halides is 6. The summed E-state index contributed by atoms with van der Waals surface area (Å²) in [4.78, 5) is 0. The topological polar surface area (TPSA) is 0 Å². The van der Waals surface area contributed by atoms with Crippen molar-refractivity contribution >= 4 is 0 Å². The Morgan fingerprint density at radius 2 is 1.27 bits per heavy atom. The van der Waals surface area contributed by atoms with Gasteiger partial charge in [-0.2, -0.15) is 26.3 Å². The van der Waals surface area contributed by atoms with Gasteiger partial charge in [-0.3, -0.25) is 0 Å². The van der Waals surface area contributed by atoms with Crippen molar-refractivity contribution in [2.24, 2.45) is 16.7 Å². The molecule has 0 heterocycles. The van der Waals surface area contributed by atoms with E-state index in [4.69, 9.17) is 0 Å². The second-order valence-electron chi connectivity index (χ2n) is 4.65. The van der Waals surface area contributed by atoms with Crippen molar-refractivity contribution in [3.63, 3.8) is 0 Å². The molecule has 1 aliphatic rings. The third-order valence-electron chi connectivity index (χ3n) is 3.72. The van der Waals surface area contributed by atoms with Crippen molar-refractivity contribution in [1.82, 2.24) is 0 Å². The van der Waals surface area contributed by atoms with Crippen LogP contribution >= 0.6 is 0 Å². The lowest BCUT2D eigenvalue weighted by Gasteiger charge is -2.29. The molecule has 0 aromatic carbocycles. The third-order valence-corrected chi connectivity index (χ3v) is 3.72. The Bertz CT molecular complexity index is 247. The maximum absolute atomic E-state index is 12.5. The highest BCUT2D eigenvalue weighted by Gasteiger charge is 2.89. The molecule has 1 saturated carbocycles. The molecule has 6 heteroatoms. The second-order valence-corrected chi connectivity index (χ2v) is 4.65. The Morgan fingerprint density at radius 1 is 0.933 bits per heavy atom. The van der Waals surface area contributed by atoms with Crippen molar-refractivity contribution in [3.05, 3.63) is 0 Å². The molecule has 1 rings (SSSR count). The largest absolute Gasteiger partial charge is 0.403 e. The zero-order valence-corrected chi connectivity index (χ0v) is 8.55. The Balaban J connectivity index is 3.18. The molecule has 0 radical (unpaired) electrons. The Kier molecular flexibility index (Phi) is 2.38. The fraction of sp³-hybridized carbons (Fsp3) is 1.00. The zero-order valence-electron chi connectivity index (χ0n) is 8.55. The lowest BCUT2D eigenvalue weighted by atomic mass is 9.84. The minimum atomic E-state index is -5.22. The fourth-order valence-electron chi connectivity index (χ4n) is 2.21. The highest BCUT2D eigenvalue weighted by molar-refractivity contribution is 5.20. The normalized spacial score (nSPS) is 30.8. The van der Waals surface area contributed by atoms with Gasteiger partial charge in [-0.1, -0.05) is 20.8 Å². The summed E-state index contributed by atoms with van der Waals surface area (Å²) in [6.07, 6.45) is -11.3. The molecular formula is C9H12F6. The lowest BCUT2D eigenvalue weighted by molar-refractivity contribution is -0.314. The number of rotatable bonds is 1. The maximum Gasteiger partial charge on any atom is 0.403 e. The molecule has 0 nitrogen and oxygen atoms in total. The van der Waals surface area contributed by atoms with Crippen molar-refractivity contribution in [1.29, 1.82) is 0 Å². The summed E-state index contributed by atoms with van der Waals surface area (Å²) in [5.74, 6) is -0.652. The van der Waals surface area contributed by atoms with Crippen LogP contribution in [0, 0.1) is 16.7 Å². The van der Waals surface area contributed by atoms with Gasteiger partial charge < -0.3 is 0 Å². The third kappa shape index (κ3) is 1.36. The summed E-state index contributed by atoms with van der Waals surface area (Å²) in [7, 11) is 0. The molecule has 90 valence electrons. The van der Waals surface area contributed by atoms with Gasteiger partial charge in [0.15, 0.2) is 5.41 Å². The van der Waals surface area contributed by atoms with Crippen LogP contribution in [0.2, 0.25) is 0 Å². The highest BCUT2D eigenvalue weighted by Crippen LogP contribution is 2.79. The van der Waals surface area contributed by atoms with Gasteiger partial charge in [0.1, 0.15) is 0 Å². The van der Waals surface area contributed by atoms with Gasteiger partial charge >= 0.3 is 12.4 Å². The van der Waals surface area contributed by atoms with E-state index in [0.717, 1.165) is 6.92 Å². The van der Waals surface area contributed by atoms with E-state index in [2.05, 4.69) is 0 Å². The predicted octanol–water partition coefficient (Wildman–Crippen LogP) is 4.16. The van der Waals surface area contributed by atoms with Crippen LogP contribution in [0.25, 0.3) is 0 Å². The molecule has 0 aliphatic heterocycles. The van der Waals surface area contributed by atoms with Crippen molar-refractivity contribution < 1.29 is 26.3 Å². The van der Waals surface area contributed by atoms with E-state index >= 15 is 0 Å². The first-order valence-electron chi connectivity index (χ1n) is 4.53. The van der Waals surface area contributed by atoms with Crippen LogP contribution in [0.4, 0.5) is 26.3 Å². The Labute approximate surface area is 83.6 Å². The molecule has 0 bridgehead atoms. The minimum Gasteiger partial charge on any atom is -0.170 e. The van der Waals surface area contributed by atoms with E-state index in [-0.39, 0.29) is 0 Å². The Morgan fingerprint density at radius 3 is 1.33 bits per heavy atom. The van der Waals surface area contributed by atoms with Crippen LogP contribution < -0.4 is 0 Å². The molecule has 0 aromatic rings. The van der Waals surface area contributed by atoms with Crippen LogP contribution in [-0.2, 0) is 0 Å². The molecule has 0 spiro atoms. The van der Waals surface area contributed by atoms with Crippen LogP contribution in [0.5, 0.6) is 0 Å². The van der Waals surface area contributed by atoms with Gasteiger partial charge in [-0.25, -0.2) is 0 Å². The molecule has 0 aromatic heterocycles. The summed E-state index contributed by atoms with van der Waals surface area (Å²) in [6.45, 7) is 3.83. The lowest BCUT2D eigenvalue weighted by Crippen LogP contribution is -2.43. The molecule has 15 heavy (non-hydrogen) atoms. The van der Waals surface area contributed by atoms with E-state index < -0.39 is 35.5 Å². The standard InChI is InChI=1S/C9H12F6/c1-5(2)6(3)4-7(6,8(10,11)12)9(13,14)15/h5H,4H2,1-3H3. The molecule has 1 fully saturated rings. The second kappa shape index (κ2) is 2.83. The quantitative estimate of drug-likeness (QED) is 0.597. The first kappa shape index (κ1) is 12.6. The first-order chi connectivity index (χ1) is 6.40. The van der Waals surface area contributed by atoms with Crippen LogP contribution in [0.3, 0.4) is 0 Å². The van der Waals surface area contributed by atoms with Gasteiger partial charge in [0.05, 0.1) is 0 Å². The summed E-state index contributed by atoms with van der Waals surface area (Å²) < 4.78 is 75.2. The minimum absolute atomic E-state index is 0.652. The van der Waals surface area contributed by atoms with Gasteiger partial charge in [-0.05, 0) is 17.8 Å². The van der Waals surface area contributed by atoms with E-state index in [0.29, 0.717) is 0 Å². The van der Waals surface area contributed by atoms with Crippen molar-refractivity contribution in [3.8, 4) is 0 Å². The summed E-state index contributed by atoms with van der Waals surface area (Å²) in [5.41, 5.74) is -5.22. The average molecular weight is 234 g/mol. The molecular weight excluding hydrogens is 222 g/mol. The zero-order chi connectivity index (χ0) is 12.3. The van der Waals surface area contributed by atoms with Gasteiger partial charge in [0.25, 0.3) is 0 Å². The van der Waals surface area contributed by atoms with E-state index in [1.807, 2.05) is 0 Å². The number of hydrogen-bond acceptors (Lipinski definition) is 0. The summed E-state index contributed by atoms with van der Waals surface area (Å²) in [6, 6.07) is 0. The van der Waals surface area contributed by atoms with E-state index in [1.54, 1.807) is 0 Å². The van der Waals surface area contributed by atoms with Gasteiger partial charge in [-0.15, -0.1) is 0 Å². The van der Waals surface area contributed by atoms with Crippen LogP contribution in [0.1, 0.15) is 27.2 Å². The highest BCUT2D eigenvalue weighted by atomic mass is 19.4. The summed E-state index contributed by atoms with van der Waals surface area (Å²) >= 11 is 0. The predicted molar refractivity (Wildman–Crippen MR) is 42.1 cm³/mol. The molecule has 1 atom stereocenters. The molecule has 0 amide bonds. The van der Waals surface area contributed by atoms with Gasteiger partial charge in [0.2, 0.25) is 0 Å². The van der Waals surface area contributed by atoms with Crippen molar-refractivity contribution in [2.75, 3.05) is 0 Å². The van der Waals surface area contributed by atoms with E-state index in [1.165, 1.54) is 13.8 Å². The number of halogens is 6. The maximum atomic E-state index is 12.5. The summed E-state index contributed by atoms with van der Waals surface area (Å²) in [5, 5.41) is 0. The fourth-order valence-corrected chi connectivity index (χ4v) is 2.21. The Hall–Kier alpha value is -0.420. The van der Waals surface area contributed by atoms with Crippen LogP contribution in [-0.4, -0.2) is 12.4 Å². The van der Waals surface area contributed by atoms with Crippen molar-refractivity contribution in [2.45, 2.75) is 39.5 Å². The molecule has 0 N–H and O–H groups in total. The van der Waals surface area contributed by atoms with Gasteiger partial charge in [0, 0.05) is 0 Å². The molecule has 1 aliphatic carbocycles. The smallest absolute Gasteiger partial charge is 0.170 e.